The molecule has 0 amide bonds. The van der Waals surface area contributed by atoms with Crippen molar-refractivity contribution >= 4 is 29.3 Å². The molecule has 0 aliphatic rings. The molecule has 7 nitrogen and oxygen atoms in total. The normalized spacial score (nSPS) is 11.0. The highest BCUT2D eigenvalue weighted by Gasteiger charge is 2.21. The van der Waals surface area contributed by atoms with Gasteiger partial charge in [0.2, 0.25) is 0 Å². The van der Waals surface area contributed by atoms with Crippen LogP contribution in [0.25, 0.3) is 17.3 Å². The first-order valence-electron chi connectivity index (χ1n) is 9.31. The Morgan fingerprint density at radius 3 is 2.84 bits per heavy atom. The average molecular weight is 447 g/mol. The lowest BCUT2D eigenvalue weighted by Crippen LogP contribution is -2.10. The number of carboxylic acids is 1. The van der Waals surface area contributed by atoms with Gasteiger partial charge < -0.3 is 24.3 Å². The summed E-state index contributed by atoms with van der Waals surface area (Å²) < 4.78 is 30.5. The lowest BCUT2D eigenvalue weighted by Gasteiger charge is -2.15. The molecule has 0 bridgehead atoms. The highest BCUT2D eigenvalue weighted by atomic mass is 35.5. The number of benzene rings is 1. The van der Waals surface area contributed by atoms with Gasteiger partial charge in [-0.05, 0) is 43.3 Å². The molecule has 0 radical (unpaired) electrons. The van der Waals surface area contributed by atoms with Crippen LogP contribution >= 0.6 is 11.6 Å². The number of methoxy groups -OCH3 is 1. The maximum Gasteiger partial charge on any atom is 0.355 e. The van der Waals surface area contributed by atoms with Crippen molar-refractivity contribution in [3.8, 4) is 17.0 Å². The maximum absolute atomic E-state index is 15.0. The quantitative estimate of drug-likeness (QED) is 0.421. The Balaban J connectivity index is 2.16. The van der Waals surface area contributed by atoms with Crippen molar-refractivity contribution in [3.05, 3.63) is 70.7 Å². The van der Waals surface area contributed by atoms with E-state index in [1.54, 1.807) is 25.1 Å². The number of anilines is 1. The summed E-state index contributed by atoms with van der Waals surface area (Å²) in [7, 11) is 1.29. The highest BCUT2D eigenvalue weighted by Crippen LogP contribution is 2.36. The van der Waals surface area contributed by atoms with Crippen molar-refractivity contribution in [2.75, 3.05) is 19.0 Å². The number of halogens is 2. The molecule has 0 saturated heterocycles. The lowest BCUT2D eigenvalue weighted by molar-refractivity contribution is 0.0690. The summed E-state index contributed by atoms with van der Waals surface area (Å²) in [6, 6.07) is 7.93. The molecule has 2 N–H and O–H groups in total. The van der Waals surface area contributed by atoms with Crippen molar-refractivity contribution in [1.82, 2.24) is 4.98 Å². The van der Waals surface area contributed by atoms with Gasteiger partial charge in [0.25, 0.3) is 0 Å². The maximum atomic E-state index is 15.0. The summed E-state index contributed by atoms with van der Waals surface area (Å²) in [6.45, 7) is 2.49. The number of carbonyl (C=O) groups is 1. The second-order valence-electron chi connectivity index (χ2n) is 6.26. The van der Waals surface area contributed by atoms with E-state index in [2.05, 4.69) is 10.3 Å². The molecule has 0 atom stereocenters. The van der Waals surface area contributed by atoms with Gasteiger partial charge in [0, 0.05) is 16.8 Å². The van der Waals surface area contributed by atoms with Crippen LogP contribution in [-0.4, -0.2) is 29.8 Å². The summed E-state index contributed by atoms with van der Waals surface area (Å²) in [5, 5.41) is 13.0. The van der Waals surface area contributed by atoms with Crippen LogP contribution < -0.4 is 10.1 Å². The third-order valence-corrected chi connectivity index (χ3v) is 4.62. The van der Waals surface area contributed by atoms with E-state index >= 15 is 0 Å². The van der Waals surface area contributed by atoms with Crippen LogP contribution in [0.1, 0.15) is 28.7 Å². The Hall–Kier alpha value is -3.52. The van der Waals surface area contributed by atoms with Gasteiger partial charge in [0.15, 0.2) is 17.3 Å². The number of aromatic carboxylic acids is 1. The Morgan fingerprint density at radius 2 is 2.19 bits per heavy atom. The van der Waals surface area contributed by atoms with Crippen LogP contribution in [0.5, 0.6) is 5.75 Å². The first kappa shape index (κ1) is 22.2. The minimum atomic E-state index is -1.28. The Kier molecular flexibility index (Phi) is 7.15. The van der Waals surface area contributed by atoms with Crippen LogP contribution in [0.4, 0.5) is 10.1 Å². The molecule has 1 aromatic carbocycles. The predicted molar refractivity (Wildman–Crippen MR) is 115 cm³/mol. The molecule has 31 heavy (non-hydrogen) atoms. The molecule has 0 fully saturated rings. The fraction of sp³-hybridized carbons (Fsp3) is 0.182. The zero-order chi connectivity index (χ0) is 22.4. The van der Waals surface area contributed by atoms with Gasteiger partial charge in [-0.2, -0.15) is 0 Å². The molecule has 0 unspecified atom stereocenters. The fourth-order valence-corrected chi connectivity index (χ4v) is 3.12. The number of hydrogen-bond acceptors (Lipinski definition) is 6. The summed E-state index contributed by atoms with van der Waals surface area (Å²) in [6.07, 6.45) is 4.41. The van der Waals surface area contributed by atoms with Gasteiger partial charge in [0.1, 0.15) is 5.76 Å². The molecule has 0 aliphatic carbocycles. The molecule has 2 aromatic heterocycles. The fourth-order valence-electron chi connectivity index (χ4n) is 2.90. The Bertz CT molecular complexity index is 1100. The topological polar surface area (TPSA) is 93.8 Å². The smallest absolute Gasteiger partial charge is 0.355 e. The van der Waals surface area contributed by atoms with Gasteiger partial charge in [-0.25, -0.2) is 14.2 Å². The van der Waals surface area contributed by atoms with Crippen molar-refractivity contribution < 1.29 is 28.2 Å². The van der Waals surface area contributed by atoms with Gasteiger partial charge in [-0.15, -0.1) is 0 Å². The summed E-state index contributed by atoms with van der Waals surface area (Å²) in [4.78, 5) is 16.1. The lowest BCUT2D eigenvalue weighted by atomic mass is 10.0. The minimum Gasteiger partial charge on any atom is -0.501 e. The second-order valence-corrected chi connectivity index (χ2v) is 6.66. The van der Waals surface area contributed by atoms with Gasteiger partial charge >= 0.3 is 5.97 Å². The predicted octanol–water partition coefficient (Wildman–Crippen LogP) is 5.46. The van der Waals surface area contributed by atoms with Crippen LogP contribution in [0.3, 0.4) is 0 Å². The van der Waals surface area contributed by atoms with Crippen molar-refractivity contribution in [1.29, 1.82) is 0 Å². The van der Waals surface area contributed by atoms with Crippen LogP contribution in [0.15, 0.2) is 47.3 Å². The number of carboxylic acid groups (broad SMARTS) is 1. The Morgan fingerprint density at radius 1 is 1.39 bits per heavy atom. The largest absolute Gasteiger partial charge is 0.501 e. The van der Waals surface area contributed by atoms with Gasteiger partial charge in [-0.1, -0.05) is 11.6 Å². The zero-order valence-electron chi connectivity index (χ0n) is 16.8. The SMILES string of the molecule is CCOC=Cc1c(NCc2ccco2)cc(-c2ccc(Cl)c(OC)c2F)nc1C(=O)O. The minimum absolute atomic E-state index is 0.0464. The van der Waals surface area contributed by atoms with E-state index in [-0.39, 0.29) is 39.8 Å². The van der Waals surface area contributed by atoms with E-state index in [0.29, 0.717) is 18.1 Å². The van der Waals surface area contributed by atoms with E-state index in [1.165, 1.54) is 37.8 Å². The summed E-state index contributed by atoms with van der Waals surface area (Å²) in [5.41, 5.74) is 0.551. The molecule has 162 valence electrons. The number of rotatable bonds is 9. The molecule has 0 spiro atoms. The molecule has 3 rings (SSSR count). The number of aromatic nitrogens is 1. The summed E-state index contributed by atoms with van der Waals surface area (Å²) >= 11 is 5.98. The molecule has 0 saturated carbocycles. The monoisotopic (exact) mass is 446 g/mol. The van der Waals surface area contributed by atoms with E-state index in [1.807, 2.05) is 0 Å². The van der Waals surface area contributed by atoms with E-state index < -0.39 is 11.8 Å². The molecule has 0 aliphatic heterocycles. The van der Waals surface area contributed by atoms with Crippen molar-refractivity contribution in [2.45, 2.75) is 13.5 Å². The molecule has 2 heterocycles. The second kappa shape index (κ2) is 9.99. The van der Waals surface area contributed by atoms with Crippen LogP contribution in [0.2, 0.25) is 5.02 Å². The first-order valence-corrected chi connectivity index (χ1v) is 9.69. The van der Waals surface area contributed by atoms with E-state index in [0.717, 1.165) is 0 Å². The summed E-state index contributed by atoms with van der Waals surface area (Å²) in [5.74, 6) is -1.54. The molecular formula is C22H20ClFN2O5. The first-order chi connectivity index (χ1) is 15.0. The van der Waals surface area contributed by atoms with E-state index in [4.69, 9.17) is 25.5 Å². The third kappa shape index (κ3) is 4.97. The van der Waals surface area contributed by atoms with E-state index in [9.17, 15) is 14.3 Å². The van der Waals surface area contributed by atoms with Crippen LogP contribution in [0, 0.1) is 5.82 Å². The number of furan rings is 1. The number of nitrogens with zero attached hydrogens (tertiary/aromatic N) is 1. The number of nitrogens with one attached hydrogen (secondary N) is 1. The van der Waals surface area contributed by atoms with Crippen LogP contribution in [-0.2, 0) is 11.3 Å². The Labute approximate surface area is 183 Å². The molecule has 9 heteroatoms. The molecule has 3 aromatic rings. The standard InChI is InChI=1S/C22H20ClFN2O5/c1-3-30-10-8-15-17(25-12-13-5-4-9-31-13)11-18(26-20(15)22(27)28)14-6-7-16(23)21(29-2)19(14)24/h4-11H,3,12H2,1-2H3,(H,25,26)(H,27,28). The van der Waals surface area contributed by atoms with Gasteiger partial charge in [-0.3, -0.25) is 0 Å². The number of pyridine rings is 1. The number of ether oxygens (including phenoxy) is 2. The molecular weight excluding hydrogens is 427 g/mol. The average Bonchev–Trinajstić information content (AvgIpc) is 3.27. The zero-order valence-corrected chi connectivity index (χ0v) is 17.6. The highest BCUT2D eigenvalue weighted by molar-refractivity contribution is 6.32. The van der Waals surface area contributed by atoms with Crippen molar-refractivity contribution in [2.24, 2.45) is 0 Å². The third-order valence-electron chi connectivity index (χ3n) is 4.32. The van der Waals surface area contributed by atoms with Gasteiger partial charge in [0.05, 0.1) is 43.5 Å². The van der Waals surface area contributed by atoms with Crippen molar-refractivity contribution in [3.63, 3.8) is 0 Å². The number of hydrogen-bond donors (Lipinski definition) is 2.